The van der Waals surface area contributed by atoms with E-state index >= 15 is 0 Å². The highest BCUT2D eigenvalue weighted by Crippen LogP contribution is 2.54. The van der Waals surface area contributed by atoms with Crippen molar-refractivity contribution in [1.29, 1.82) is 0 Å². The molecule has 0 fully saturated rings. The maximum atomic E-state index is 6.18. The van der Waals surface area contributed by atoms with Gasteiger partial charge in [-0.25, -0.2) is 4.98 Å². The molecule has 6 heteroatoms. The average Bonchev–Trinajstić information content (AvgIpc) is 3.25. The summed E-state index contributed by atoms with van der Waals surface area (Å²) in [7, 11) is 0. The third-order valence-corrected chi connectivity index (χ3v) is 6.19. The van der Waals surface area contributed by atoms with Crippen molar-refractivity contribution in [2.75, 3.05) is 31.3 Å². The number of ether oxygens (including phenoxy) is 3. The molecule has 29 heavy (non-hydrogen) atoms. The van der Waals surface area contributed by atoms with Gasteiger partial charge >= 0.3 is 0 Å². The third kappa shape index (κ3) is 2.57. The molecule has 0 N–H and O–H groups in total. The number of hydrogen-bond donors (Lipinski definition) is 0. The summed E-state index contributed by atoms with van der Waals surface area (Å²) < 4.78 is 17.8. The Morgan fingerprint density at radius 1 is 0.897 bits per heavy atom. The van der Waals surface area contributed by atoms with Gasteiger partial charge in [0.05, 0.1) is 17.7 Å². The molecule has 0 saturated heterocycles. The van der Waals surface area contributed by atoms with E-state index < -0.39 is 0 Å². The summed E-state index contributed by atoms with van der Waals surface area (Å²) in [5, 5.41) is 0.517. The van der Waals surface area contributed by atoms with Crippen molar-refractivity contribution in [2.24, 2.45) is 0 Å². The molecule has 1 aromatic heterocycles. The summed E-state index contributed by atoms with van der Waals surface area (Å²) in [5.74, 6) is 2.44. The van der Waals surface area contributed by atoms with Gasteiger partial charge in [0.1, 0.15) is 30.7 Å². The standard InChI is InChI=1S/C23H19ClN2O3/c24-22-7-3-4-15(25-22)12-26-13-23(16-5-1-2-6-18(16)26)14-29-19-11-21-20(10-17(19)23)27-8-9-28-21/h1-7,10-11H,8-9,12-14H2. The molecule has 2 aromatic carbocycles. The lowest BCUT2D eigenvalue weighted by Crippen LogP contribution is -2.36. The first-order valence-electron chi connectivity index (χ1n) is 9.76. The van der Waals surface area contributed by atoms with Crippen molar-refractivity contribution in [1.82, 2.24) is 4.98 Å². The molecule has 0 radical (unpaired) electrons. The SMILES string of the molecule is Clc1cccc(CN2CC3(COc4cc5c(cc43)OCCO5)c3ccccc32)n1. The fourth-order valence-electron chi connectivity index (χ4n) is 4.72. The highest BCUT2D eigenvalue weighted by Gasteiger charge is 2.50. The lowest BCUT2D eigenvalue weighted by molar-refractivity contribution is 0.171. The second-order valence-electron chi connectivity index (χ2n) is 7.69. The molecule has 1 unspecified atom stereocenters. The molecule has 3 aromatic rings. The zero-order valence-corrected chi connectivity index (χ0v) is 16.5. The molecule has 1 atom stereocenters. The first-order chi connectivity index (χ1) is 14.2. The Bertz CT molecular complexity index is 1120. The molecule has 1 spiro atoms. The van der Waals surface area contributed by atoms with Crippen LogP contribution in [0.25, 0.3) is 0 Å². The van der Waals surface area contributed by atoms with Crippen molar-refractivity contribution >= 4 is 17.3 Å². The summed E-state index contributed by atoms with van der Waals surface area (Å²) in [4.78, 5) is 6.85. The molecule has 146 valence electrons. The van der Waals surface area contributed by atoms with Gasteiger partial charge in [-0.3, -0.25) is 0 Å². The lowest BCUT2D eigenvalue weighted by atomic mass is 9.77. The third-order valence-electron chi connectivity index (χ3n) is 5.98. The van der Waals surface area contributed by atoms with Gasteiger partial charge in [-0.05, 0) is 29.8 Å². The minimum atomic E-state index is -0.236. The number of hydrogen-bond acceptors (Lipinski definition) is 5. The average molecular weight is 407 g/mol. The summed E-state index contributed by atoms with van der Waals surface area (Å²) in [6.45, 7) is 3.25. The number of para-hydroxylation sites is 1. The Hall–Kier alpha value is -2.92. The number of anilines is 1. The molecule has 0 aliphatic carbocycles. The first kappa shape index (κ1) is 17.0. The van der Waals surface area contributed by atoms with Gasteiger partial charge in [0.15, 0.2) is 11.5 Å². The van der Waals surface area contributed by atoms with E-state index in [1.165, 1.54) is 11.3 Å². The normalized spacial score (nSPS) is 21.1. The van der Waals surface area contributed by atoms with Crippen LogP contribution in [-0.2, 0) is 12.0 Å². The smallest absolute Gasteiger partial charge is 0.165 e. The number of rotatable bonds is 2. The van der Waals surface area contributed by atoms with Crippen LogP contribution in [-0.4, -0.2) is 31.3 Å². The van der Waals surface area contributed by atoms with E-state index in [1.807, 2.05) is 18.2 Å². The number of nitrogens with zero attached hydrogens (tertiary/aromatic N) is 2. The molecule has 0 saturated carbocycles. The Morgan fingerprint density at radius 3 is 2.59 bits per heavy atom. The Kier molecular flexibility index (Phi) is 3.68. The van der Waals surface area contributed by atoms with E-state index in [0.29, 0.717) is 31.5 Å². The monoisotopic (exact) mass is 406 g/mol. The highest BCUT2D eigenvalue weighted by atomic mass is 35.5. The zero-order chi connectivity index (χ0) is 19.4. The van der Waals surface area contributed by atoms with Crippen LogP contribution in [0.4, 0.5) is 5.69 Å². The molecule has 5 nitrogen and oxygen atoms in total. The van der Waals surface area contributed by atoms with Crippen molar-refractivity contribution in [3.8, 4) is 17.2 Å². The van der Waals surface area contributed by atoms with E-state index in [4.69, 9.17) is 25.8 Å². The number of benzene rings is 2. The van der Waals surface area contributed by atoms with Crippen LogP contribution in [0.1, 0.15) is 16.8 Å². The maximum Gasteiger partial charge on any atom is 0.165 e. The van der Waals surface area contributed by atoms with Crippen LogP contribution in [0.5, 0.6) is 17.2 Å². The van der Waals surface area contributed by atoms with Gasteiger partial charge in [0.25, 0.3) is 0 Å². The van der Waals surface area contributed by atoms with Crippen LogP contribution in [0.15, 0.2) is 54.6 Å². The molecule has 0 bridgehead atoms. The molecular weight excluding hydrogens is 388 g/mol. The van der Waals surface area contributed by atoms with E-state index in [-0.39, 0.29) is 5.41 Å². The highest BCUT2D eigenvalue weighted by molar-refractivity contribution is 6.29. The van der Waals surface area contributed by atoms with E-state index in [1.54, 1.807) is 6.07 Å². The largest absolute Gasteiger partial charge is 0.492 e. The molecule has 6 rings (SSSR count). The van der Waals surface area contributed by atoms with Gasteiger partial charge < -0.3 is 19.1 Å². The molecule has 0 amide bonds. The second-order valence-corrected chi connectivity index (χ2v) is 8.07. The van der Waals surface area contributed by atoms with Gasteiger partial charge in [0.2, 0.25) is 0 Å². The van der Waals surface area contributed by atoms with Gasteiger partial charge in [-0.15, -0.1) is 0 Å². The number of pyridine rings is 1. The quantitative estimate of drug-likeness (QED) is 0.596. The summed E-state index contributed by atoms with van der Waals surface area (Å²) >= 11 is 6.11. The minimum Gasteiger partial charge on any atom is -0.492 e. The van der Waals surface area contributed by atoms with Crippen LogP contribution >= 0.6 is 11.6 Å². The zero-order valence-electron chi connectivity index (χ0n) is 15.7. The topological polar surface area (TPSA) is 43.8 Å². The van der Waals surface area contributed by atoms with Crippen molar-refractivity contribution in [2.45, 2.75) is 12.0 Å². The second kappa shape index (κ2) is 6.29. The van der Waals surface area contributed by atoms with Crippen LogP contribution < -0.4 is 19.1 Å². The lowest BCUT2D eigenvalue weighted by Gasteiger charge is -2.26. The molecule has 4 heterocycles. The predicted octanol–water partition coefficient (Wildman–Crippen LogP) is 4.20. The van der Waals surface area contributed by atoms with E-state index in [9.17, 15) is 0 Å². The van der Waals surface area contributed by atoms with Gasteiger partial charge in [-0.1, -0.05) is 35.9 Å². The number of fused-ring (bicyclic) bond motifs is 5. The molecule has 3 aliphatic rings. The predicted molar refractivity (Wildman–Crippen MR) is 110 cm³/mol. The molecule has 3 aliphatic heterocycles. The Morgan fingerprint density at radius 2 is 1.72 bits per heavy atom. The van der Waals surface area contributed by atoms with E-state index in [0.717, 1.165) is 35.1 Å². The molecular formula is C23H19ClN2O3. The van der Waals surface area contributed by atoms with Crippen LogP contribution in [0.2, 0.25) is 5.15 Å². The van der Waals surface area contributed by atoms with Crippen LogP contribution in [0.3, 0.4) is 0 Å². The maximum absolute atomic E-state index is 6.18. The van der Waals surface area contributed by atoms with Crippen molar-refractivity contribution < 1.29 is 14.2 Å². The van der Waals surface area contributed by atoms with Crippen LogP contribution in [0, 0.1) is 0 Å². The van der Waals surface area contributed by atoms with Gasteiger partial charge in [-0.2, -0.15) is 0 Å². The number of aromatic nitrogens is 1. The number of halogens is 1. The van der Waals surface area contributed by atoms with Crippen molar-refractivity contribution in [3.05, 3.63) is 76.6 Å². The summed E-state index contributed by atoms with van der Waals surface area (Å²) in [6.07, 6.45) is 0. The van der Waals surface area contributed by atoms with E-state index in [2.05, 4.69) is 40.2 Å². The first-order valence-corrected chi connectivity index (χ1v) is 10.1. The summed E-state index contributed by atoms with van der Waals surface area (Å²) in [5.41, 5.74) is 4.36. The fourth-order valence-corrected chi connectivity index (χ4v) is 4.90. The fraction of sp³-hybridized carbons (Fsp3) is 0.261. The Labute approximate surface area is 173 Å². The summed E-state index contributed by atoms with van der Waals surface area (Å²) in [6, 6.07) is 18.4. The Balaban J connectivity index is 1.44. The minimum absolute atomic E-state index is 0.236. The van der Waals surface area contributed by atoms with Gasteiger partial charge in [0, 0.05) is 23.9 Å². The van der Waals surface area contributed by atoms with Crippen molar-refractivity contribution in [3.63, 3.8) is 0 Å².